The van der Waals surface area contributed by atoms with Crippen LogP contribution in [-0.4, -0.2) is 28.4 Å². The Bertz CT molecular complexity index is 1270. The van der Waals surface area contributed by atoms with Gasteiger partial charge in [0, 0.05) is 17.4 Å². The summed E-state index contributed by atoms with van der Waals surface area (Å²) >= 11 is 0. The van der Waals surface area contributed by atoms with Crippen molar-refractivity contribution in [3.05, 3.63) is 95.7 Å². The van der Waals surface area contributed by atoms with Crippen molar-refractivity contribution in [3.63, 3.8) is 0 Å². The standard InChI is InChI=1S/C25H20N2O4/c1-2-31-25(30)20-14-17(15-26-24(20)27-18-9-4-3-5-10-18)23(29)22-19-11-7-6-8-16(19)12-13-21(22)28/h3-15,28H,2H2,1H3,(H,26,27). The highest BCUT2D eigenvalue weighted by Crippen LogP contribution is 2.30. The number of ketones is 1. The van der Waals surface area contributed by atoms with Crippen LogP contribution in [0.2, 0.25) is 0 Å². The number of nitrogens with zero attached hydrogens (tertiary/aromatic N) is 1. The molecule has 6 heteroatoms. The van der Waals surface area contributed by atoms with Crippen molar-refractivity contribution in [2.75, 3.05) is 11.9 Å². The average molecular weight is 412 g/mol. The zero-order valence-corrected chi connectivity index (χ0v) is 16.8. The second kappa shape index (κ2) is 8.67. The topological polar surface area (TPSA) is 88.5 Å². The van der Waals surface area contributed by atoms with Gasteiger partial charge in [0.1, 0.15) is 17.1 Å². The number of benzene rings is 3. The molecular weight excluding hydrogens is 392 g/mol. The summed E-state index contributed by atoms with van der Waals surface area (Å²) < 4.78 is 5.16. The van der Waals surface area contributed by atoms with Crippen molar-refractivity contribution in [1.82, 2.24) is 4.98 Å². The van der Waals surface area contributed by atoms with Gasteiger partial charge in [0.05, 0.1) is 12.2 Å². The Kier molecular flexibility index (Phi) is 5.62. The van der Waals surface area contributed by atoms with Gasteiger partial charge in [0.25, 0.3) is 0 Å². The van der Waals surface area contributed by atoms with Crippen LogP contribution in [0.1, 0.15) is 33.2 Å². The molecule has 0 aliphatic carbocycles. The Hall–Kier alpha value is -4.19. The van der Waals surface area contributed by atoms with Crippen molar-refractivity contribution in [2.45, 2.75) is 6.92 Å². The molecule has 0 unspecified atom stereocenters. The second-order valence-corrected chi connectivity index (χ2v) is 6.84. The third-order valence-corrected chi connectivity index (χ3v) is 4.82. The minimum atomic E-state index is -0.592. The monoisotopic (exact) mass is 412 g/mol. The molecule has 0 atom stereocenters. The minimum Gasteiger partial charge on any atom is -0.507 e. The first kappa shape index (κ1) is 20.1. The number of phenolic OH excluding ortho intramolecular Hbond substituents is 1. The second-order valence-electron chi connectivity index (χ2n) is 6.84. The fourth-order valence-electron chi connectivity index (χ4n) is 3.35. The first-order chi connectivity index (χ1) is 15.1. The van der Waals surface area contributed by atoms with Gasteiger partial charge in [-0.05, 0) is 42.0 Å². The first-order valence-electron chi connectivity index (χ1n) is 9.83. The third-order valence-electron chi connectivity index (χ3n) is 4.82. The van der Waals surface area contributed by atoms with Gasteiger partial charge >= 0.3 is 5.97 Å². The number of carbonyl (C=O) groups is 2. The predicted molar refractivity (Wildman–Crippen MR) is 119 cm³/mol. The molecule has 31 heavy (non-hydrogen) atoms. The van der Waals surface area contributed by atoms with Gasteiger partial charge < -0.3 is 15.2 Å². The molecule has 4 aromatic rings. The van der Waals surface area contributed by atoms with Gasteiger partial charge in [-0.25, -0.2) is 9.78 Å². The lowest BCUT2D eigenvalue weighted by Gasteiger charge is -2.13. The molecule has 154 valence electrons. The number of aromatic nitrogens is 1. The zero-order valence-electron chi connectivity index (χ0n) is 16.8. The van der Waals surface area contributed by atoms with E-state index in [9.17, 15) is 14.7 Å². The van der Waals surface area contributed by atoms with Crippen LogP contribution in [0.4, 0.5) is 11.5 Å². The van der Waals surface area contributed by atoms with E-state index < -0.39 is 11.8 Å². The van der Waals surface area contributed by atoms with E-state index in [2.05, 4.69) is 10.3 Å². The Morgan fingerprint density at radius 1 is 1.00 bits per heavy atom. The van der Waals surface area contributed by atoms with E-state index in [1.54, 1.807) is 25.1 Å². The lowest BCUT2D eigenvalue weighted by atomic mass is 9.96. The summed E-state index contributed by atoms with van der Waals surface area (Å²) in [5, 5.41) is 14.9. The summed E-state index contributed by atoms with van der Waals surface area (Å²) in [5.41, 5.74) is 1.22. The summed E-state index contributed by atoms with van der Waals surface area (Å²) in [6, 6.07) is 21.2. The quantitative estimate of drug-likeness (QED) is 0.339. The van der Waals surface area contributed by atoms with Crippen molar-refractivity contribution >= 4 is 34.0 Å². The Morgan fingerprint density at radius 2 is 1.74 bits per heavy atom. The summed E-state index contributed by atoms with van der Waals surface area (Å²) in [6.07, 6.45) is 1.39. The van der Waals surface area contributed by atoms with E-state index in [1.807, 2.05) is 42.5 Å². The van der Waals surface area contributed by atoms with Crippen molar-refractivity contribution in [2.24, 2.45) is 0 Å². The van der Waals surface area contributed by atoms with Crippen molar-refractivity contribution < 1.29 is 19.4 Å². The van der Waals surface area contributed by atoms with Crippen LogP contribution in [0, 0.1) is 0 Å². The molecule has 6 nitrogen and oxygen atoms in total. The zero-order chi connectivity index (χ0) is 21.8. The van der Waals surface area contributed by atoms with E-state index in [1.165, 1.54) is 18.3 Å². The average Bonchev–Trinajstić information content (AvgIpc) is 2.79. The van der Waals surface area contributed by atoms with Crippen molar-refractivity contribution in [1.29, 1.82) is 0 Å². The maximum atomic E-state index is 13.3. The van der Waals surface area contributed by atoms with E-state index in [0.717, 1.165) is 11.1 Å². The van der Waals surface area contributed by atoms with Crippen LogP contribution in [0.15, 0.2) is 79.0 Å². The maximum Gasteiger partial charge on any atom is 0.341 e. The van der Waals surface area contributed by atoms with Crippen LogP contribution in [0.3, 0.4) is 0 Å². The van der Waals surface area contributed by atoms with Crippen molar-refractivity contribution in [3.8, 4) is 5.75 Å². The van der Waals surface area contributed by atoms with Crippen LogP contribution in [0.5, 0.6) is 5.75 Å². The molecule has 0 saturated carbocycles. The Morgan fingerprint density at radius 3 is 2.52 bits per heavy atom. The normalized spacial score (nSPS) is 10.6. The molecule has 1 aromatic heterocycles. The number of fused-ring (bicyclic) bond motifs is 1. The summed E-state index contributed by atoms with van der Waals surface area (Å²) in [7, 11) is 0. The van der Waals surface area contributed by atoms with Gasteiger partial charge in [-0.1, -0.05) is 48.5 Å². The minimum absolute atomic E-state index is 0.132. The van der Waals surface area contributed by atoms with Gasteiger partial charge in [0.2, 0.25) is 0 Å². The number of anilines is 2. The highest BCUT2D eigenvalue weighted by atomic mass is 16.5. The summed E-state index contributed by atoms with van der Waals surface area (Å²) in [6.45, 7) is 1.89. The first-order valence-corrected chi connectivity index (χ1v) is 9.83. The van der Waals surface area contributed by atoms with Crippen LogP contribution in [-0.2, 0) is 4.74 Å². The lowest BCUT2D eigenvalue weighted by Crippen LogP contribution is -2.12. The number of rotatable bonds is 6. The molecule has 0 aliphatic rings. The number of para-hydroxylation sites is 1. The molecule has 0 aliphatic heterocycles. The lowest BCUT2D eigenvalue weighted by molar-refractivity contribution is 0.0527. The molecule has 1 heterocycles. The maximum absolute atomic E-state index is 13.3. The number of carbonyl (C=O) groups excluding carboxylic acids is 2. The highest BCUT2D eigenvalue weighted by molar-refractivity contribution is 6.18. The number of aromatic hydroxyl groups is 1. The van der Waals surface area contributed by atoms with Crippen LogP contribution < -0.4 is 5.32 Å². The van der Waals surface area contributed by atoms with Crippen LogP contribution in [0.25, 0.3) is 10.8 Å². The molecule has 0 fully saturated rings. The molecule has 2 N–H and O–H groups in total. The third kappa shape index (κ3) is 4.09. The number of nitrogens with one attached hydrogen (secondary N) is 1. The van der Waals surface area contributed by atoms with E-state index in [4.69, 9.17) is 4.74 Å². The van der Waals surface area contributed by atoms with E-state index in [0.29, 0.717) is 5.39 Å². The van der Waals surface area contributed by atoms with Gasteiger partial charge in [-0.15, -0.1) is 0 Å². The molecule has 0 amide bonds. The molecule has 0 radical (unpaired) electrons. The number of ether oxygens (including phenoxy) is 1. The summed E-state index contributed by atoms with van der Waals surface area (Å²) in [5.74, 6) is -0.875. The molecule has 3 aromatic carbocycles. The number of esters is 1. The fraction of sp³-hybridized carbons (Fsp3) is 0.0800. The Labute approximate surface area is 179 Å². The highest BCUT2D eigenvalue weighted by Gasteiger charge is 2.22. The smallest absolute Gasteiger partial charge is 0.341 e. The predicted octanol–water partition coefficient (Wildman–Crippen LogP) is 5.09. The molecule has 4 rings (SSSR count). The molecule has 0 spiro atoms. The van der Waals surface area contributed by atoms with Gasteiger partial charge in [-0.2, -0.15) is 0 Å². The van der Waals surface area contributed by atoms with E-state index >= 15 is 0 Å². The van der Waals surface area contributed by atoms with E-state index in [-0.39, 0.29) is 34.9 Å². The summed E-state index contributed by atoms with van der Waals surface area (Å²) in [4.78, 5) is 30.2. The number of phenols is 1. The molecule has 0 bridgehead atoms. The number of pyridine rings is 1. The molecule has 0 saturated heterocycles. The van der Waals surface area contributed by atoms with Gasteiger partial charge in [-0.3, -0.25) is 4.79 Å². The van der Waals surface area contributed by atoms with Crippen LogP contribution >= 0.6 is 0 Å². The fourth-order valence-corrected chi connectivity index (χ4v) is 3.35. The Balaban J connectivity index is 1.79. The van der Waals surface area contributed by atoms with Gasteiger partial charge in [0.15, 0.2) is 5.78 Å². The largest absolute Gasteiger partial charge is 0.507 e. The SMILES string of the molecule is CCOC(=O)c1cc(C(=O)c2c(O)ccc3ccccc23)cnc1Nc1ccccc1. The number of hydrogen-bond donors (Lipinski definition) is 2. The number of hydrogen-bond acceptors (Lipinski definition) is 6. The molecular formula is C25H20N2O4.